The van der Waals surface area contributed by atoms with Gasteiger partial charge in [0.2, 0.25) is 0 Å². The van der Waals surface area contributed by atoms with E-state index >= 15 is 0 Å². The third-order valence-electron chi connectivity index (χ3n) is 4.92. The maximum absolute atomic E-state index is 12.7. The summed E-state index contributed by atoms with van der Waals surface area (Å²) in [5, 5.41) is 10.4. The first kappa shape index (κ1) is 16.7. The van der Waals surface area contributed by atoms with Gasteiger partial charge in [0, 0.05) is 23.5 Å². The highest BCUT2D eigenvalue weighted by Gasteiger charge is 2.29. The number of H-pyrrole nitrogens is 1. The van der Waals surface area contributed by atoms with Crippen LogP contribution in [-0.4, -0.2) is 40.1 Å². The molecule has 0 saturated carbocycles. The Kier molecular flexibility index (Phi) is 4.63. The second-order valence-electron chi connectivity index (χ2n) is 6.68. The molecule has 0 aliphatic carbocycles. The molecule has 2 aromatic carbocycles. The summed E-state index contributed by atoms with van der Waals surface area (Å²) in [5.74, 6) is 0.709. The Morgan fingerprint density at radius 3 is 2.85 bits per heavy atom. The number of aliphatic hydroxyl groups excluding tert-OH is 1. The van der Waals surface area contributed by atoms with Gasteiger partial charge in [0.1, 0.15) is 18.1 Å². The Morgan fingerprint density at radius 2 is 2.04 bits per heavy atom. The zero-order valence-corrected chi connectivity index (χ0v) is 14.5. The molecule has 0 radical (unpaired) electrons. The predicted molar refractivity (Wildman–Crippen MR) is 100 cm³/mol. The third kappa shape index (κ3) is 3.30. The molecule has 5 nitrogen and oxygen atoms in total. The first-order valence-electron chi connectivity index (χ1n) is 8.96. The van der Waals surface area contributed by atoms with Gasteiger partial charge in [-0.1, -0.05) is 30.3 Å². The van der Waals surface area contributed by atoms with Crippen LogP contribution in [0.25, 0.3) is 10.9 Å². The van der Waals surface area contributed by atoms with E-state index in [1.165, 1.54) is 0 Å². The van der Waals surface area contributed by atoms with E-state index in [-0.39, 0.29) is 18.6 Å². The quantitative estimate of drug-likeness (QED) is 0.742. The second kappa shape index (κ2) is 7.22. The van der Waals surface area contributed by atoms with Crippen LogP contribution in [0, 0.1) is 0 Å². The number of hydrogen-bond donors (Lipinski definition) is 2. The van der Waals surface area contributed by atoms with E-state index < -0.39 is 0 Å². The lowest BCUT2D eigenvalue weighted by Gasteiger charge is -2.22. The van der Waals surface area contributed by atoms with E-state index in [1.54, 1.807) is 4.90 Å². The van der Waals surface area contributed by atoms with Crippen molar-refractivity contribution < 1.29 is 14.6 Å². The van der Waals surface area contributed by atoms with Gasteiger partial charge in [-0.3, -0.25) is 4.79 Å². The van der Waals surface area contributed by atoms with Crippen LogP contribution in [0.1, 0.15) is 28.9 Å². The topological polar surface area (TPSA) is 65.6 Å². The molecule has 0 spiro atoms. The van der Waals surface area contributed by atoms with Crippen LogP contribution >= 0.6 is 0 Å². The minimum absolute atomic E-state index is 0.0173. The summed E-state index contributed by atoms with van der Waals surface area (Å²) in [4.78, 5) is 17.7. The minimum atomic E-state index is -0.0707. The number of benzene rings is 2. The van der Waals surface area contributed by atoms with Crippen LogP contribution in [0.15, 0.2) is 54.6 Å². The van der Waals surface area contributed by atoms with Gasteiger partial charge >= 0.3 is 0 Å². The number of likely N-dealkylation sites (tertiary alicyclic amines) is 1. The van der Waals surface area contributed by atoms with Gasteiger partial charge in [-0.05, 0) is 36.6 Å². The van der Waals surface area contributed by atoms with Gasteiger partial charge < -0.3 is 19.7 Å². The maximum Gasteiger partial charge on any atom is 0.270 e. The first-order chi connectivity index (χ1) is 12.7. The second-order valence-corrected chi connectivity index (χ2v) is 6.68. The number of aromatic amines is 1. The zero-order valence-electron chi connectivity index (χ0n) is 14.5. The number of ether oxygens (including phenoxy) is 1. The van der Waals surface area contributed by atoms with Gasteiger partial charge in [-0.15, -0.1) is 0 Å². The standard InChI is InChI=1S/C21H22N2O3/c24-13-17-7-4-10-23(17)21(25)20-11-16-8-9-18(12-19(16)22-20)26-14-15-5-2-1-3-6-15/h1-3,5-6,8-9,11-12,17,22,24H,4,7,10,13-14H2. The minimum Gasteiger partial charge on any atom is -0.489 e. The first-order valence-corrected chi connectivity index (χ1v) is 8.96. The van der Waals surface area contributed by atoms with Crippen molar-refractivity contribution in [3.8, 4) is 5.75 Å². The van der Waals surface area contributed by atoms with Crippen LogP contribution in [0.2, 0.25) is 0 Å². The number of aliphatic hydroxyl groups is 1. The summed E-state index contributed by atoms with van der Waals surface area (Å²) < 4.78 is 5.86. The molecule has 1 fully saturated rings. The SMILES string of the molecule is O=C(c1cc2ccc(OCc3ccccc3)cc2[nH]1)N1CCCC1CO. The largest absolute Gasteiger partial charge is 0.489 e. The molecule has 1 saturated heterocycles. The molecule has 134 valence electrons. The molecule has 3 aromatic rings. The fourth-order valence-electron chi connectivity index (χ4n) is 3.50. The Balaban J connectivity index is 1.51. The van der Waals surface area contributed by atoms with E-state index in [0.717, 1.165) is 35.1 Å². The number of fused-ring (bicyclic) bond motifs is 1. The number of nitrogens with zero attached hydrogens (tertiary/aromatic N) is 1. The van der Waals surface area contributed by atoms with Crippen LogP contribution < -0.4 is 4.74 Å². The highest BCUT2D eigenvalue weighted by Crippen LogP contribution is 2.25. The van der Waals surface area contributed by atoms with Gasteiger partial charge in [0.25, 0.3) is 5.91 Å². The zero-order chi connectivity index (χ0) is 17.9. The summed E-state index contributed by atoms with van der Waals surface area (Å²) >= 11 is 0. The maximum atomic E-state index is 12.7. The molecule has 1 aromatic heterocycles. The Labute approximate surface area is 152 Å². The van der Waals surface area contributed by atoms with Gasteiger partial charge in [-0.2, -0.15) is 0 Å². The van der Waals surface area contributed by atoms with Crippen molar-refractivity contribution in [2.75, 3.05) is 13.2 Å². The summed E-state index contributed by atoms with van der Waals surface area (Å²) in [6.45, 7) is 1.22. The fourth-order valence-corrected chi connectivity index (χ4v) is 3.50. The predicted octanol–water partition coefficient (Wildman–Crippen LogP) is 3.34. The van der Waals surface area contributed by atoms with Gasteiger partial charge in [0.15, 0.2) is 0 Å². The van der Waals surface area contributed by atoms with Crippen molar-refractivity contribution in [1.82, 2.24) is 9.88 Å². The number of hydrogen-bond acceptors (Lipinski definition) is 3. The average Bonchev–Trinajstić information content (AvgIpc) is 3.32. The Bertz CT molecular complexity index is 904. The van der Waals surface area contributed by atoms with E-state index in [2.05, 4.69) is 4.98 Å². The number of carbonyl (C=O) groups excluding carboxylic acids is 1. The molecule has 1 atom stereocenters. The lowest BCUT2D eigenvalue weighted by atomic mass is 10.2. The molecule has 1 aliphatic rings. The lowest BCUT2D eigenvalue weighted by molar-refractivity contribution is 0.0672. The fraction of sp³-hybridized carbons (Fsp3) is 0.286. The van der Waals surface area contributed by atoms with Crippen molar-refractivity contribution in [2.24, 2.45) is 0 Å². The molecular weight excluding hydrogens is 328 g/mol. The Morgan fingerprint density at radius 1 is 1.19 bits per heavy atom. The van der Waals surface area contributed by atoms with Gasteiger partial charge in [-0.25, -0.2) is 0 Å². The number of rotatable bonds is 5. The van der Waals surface area contributed by atoms with E-state index in [1.807, 2.05) is 54.6 Å². The van der Waals surface area contributed by atoms with Crippen molar-refractivity contribution >= 4 is 16.8 Å². The molecule has 1 amide bonds. The molecule has 2 heterocycles. The molecule has 1 unspecified atom stereocenters. The van der Waals surface area contributed by atoms with Crippen LogP contribution in [-0.2, 0) is 6.61 Å². The van der Waals surface area contributed by atoms with E-state index in [0.29, 0.717) is 18.8 Å². The van der Waals surface area contributed by atoms with Gasteiger partial charge in [0.05, 0.1) is 12.6 Å². The number of carbonyl (C=O) groups is 1. The van der Waals surface area contributed by atoms with Crippen LogP contribution in [0.3, 0.4) is 0 Å². The molecule has 5 heteroatoms. The van der Waals surface area contributed by atoms with Crippen LogP contribution in [0.5, 0.6) is 5.75 Å². The molecule has 1 aliphatic heterocycles. The molecule has 2 N–H and O–H groups in total. The lowest BCUT2D eigenvalue weighted by Crippen LogP contribution is -2.37. The number of amides is 1. The monoisotopic (exact) mass is 350 g/mol. The molecule has 26 heavy (non-hydrogen) atoms. The summed E-state index contributed by atoms with van der Waals surface area (Å²) in [6.07, 6.45) is 1.80. The van der Waals surface area contributed by atoms with Crippen molar-refractivity contribution in [1.29, 1.82) is 0 Å². The highest BCUT2D eigenvalue weighted by atomic mass is 16.5. The summed E-state index contributed by atoms with van der Waals surface area (Å²) in [6, 6.07) is 17.6. The van der Waals surface area contributed by atoms with Crippen molar-refractivity contribution in [3.63, 3.8) is 0 Å². The number of nitrogens with one attached hydrogen (secondary N) is 1. The summed E-state index contributed by atoms with van der Waals surface area (Å²) in [7, 11) is 0. The van der Waals surface area contributed by atoms with Crippen molar-refractivity contribution in [2.45, 2.75) is 25.5 Å². The van der Waals surface area contributed by atoms with Crippen LogP contribution in [0.4, 0.5) is 0 Å². The smallest absolute Gasteiger partial charge is 0.270 e. The highest BCUT2D eigenvalue weighted by molar-refractivity contribution is 5.98. The molecular formula is C21H22N2O3. The third-order valence-corrected chi connectivity index (χ3v) is 4.92. The molecule has 0 bridgehead atoms. The van der Waals surface area contributed by atoms with E-state index in [9.17, 15) is 9.90 Å². The average molecular weight is 350 g/mol. The summed E-state index contributed by atoms with van der Waals surface area (Å²) in [5.41, 5.74) is 2.54. The van der Waals surface area contributed by atoms with E-state index in [4.69, 9.17) is 4.74 Å². The normalized spacial score (nSPS) is 17.0. The molecule has 4 rings (SSSR count). The Hall–Kier alpha value is -2.79. The number of aromatic nitrogens is 1. The van der Waals surface area contributed by atoms with Crippen molar-refractivity contribution in [3.05, 3.63) is 65.9 Å².